The number of nitrogens with zero attached hydrogens (tertiary/aromatic N) is 3. The van der Waals surface area contributed by atoms with Crippen LogP contribution in [-0.4, -0.2) is 41.0 Å². The number of hydrogen-bond acceptors (Lipinski definition) is 5. The van der Waals surface area contributed by atoms with Gasteiger partial charge in [-0.15, -0.1) is 11.3 Å². The lowest BCUT2D eigenvalue weighted by Crippen LogP contribution is -2.34. The van der Waals surface area contributed by atoms with Crippen molar-refractivity contribution < 1.29 is 4.79 Å². The quantitative estimate of drug-likeness (QED) is 0.891. The molecule has 0 aliphatic carbocycles. The molecule has 3 heterocycles. The molecule has 0 atom stereocenters. The Bertz CT molecular complexity index is 632. The number of aromatic nitrogens is 2. The van der Waals surface area contributed by atoms with E-state index in [9.17, 15) is 4.79 Å². The summed E-state index contributed by atoms with van der Waals surface area (Å²) in [6, 6.07) is 0.412. The van der Waals surface area contributed by atoms with Crippen LogP contribution in [0, 0.1) is 0 Å². The van der Waals surface area contributed by atoms with Crippen LogP contribution in [0.15, 0.2) is 11.6 Å². The third kappa shape index (κ3) is 3.03. The summed E-state index contributed by atoms with van der Waals surface area (Å²) in [5.74, 6) is 1.01. The molecule has 2 aromatic rings. The summed E-state index contributed by atoms with van der Waals surface area (Å²) in [6.07, 6.45) is 3.00. The second-order valence-corrected chi connectivity index (χ2v) is 6.47. The van der Waals surface area contributed by atoms with Crippen molar-refractivity contribution in [2.24, 2.45) is 0 Å². The zero-order chi connectivity index (χ0) is 14.8. The molecule has 114 valence electrons. The fourth-order valence-electron chi connectivity index (χ4n) is 2.53. The Kier molecular flexibility index (Phi) is 4.12. The van der Waals surface area contributed by atoms with Gasteiger partial charge in [-0.05, 0) is 6.42 Å². The van der Waals surface area contributed by atoms with Gasteiger partial charge in [-0.25, -0.2) is 4.98 Å². The molecule has 1 fully saturated rings. The lowest BCUT2D eigenvalue weighted by atomic mass is 10.3. The Morgan fingerprint density at radius 1 is 1.52 bits per heavy atom. The van der Waals surface area contributed by atoms with Crippen molar-refractivity contribution in [2.75, 3.05) is 24.5 Å². The molecule has 6 nitrogen and oxygen atoms in total. The van der Waals surface area contributed by atoms with Crippen LogP contribution in [0.3, 0.4) is 0 Å². The van der Waals surface area contributed by atoms with Gasteiger partial charge in [0.25, 0.3) is 0 Å². The number of carbonyl (C=O) groups is 1. The van der Waals surface area contributed by atoms with Gasteiger partial charge in [-0.3, -0.25) is 9.20 Å². The Hall–Kier alpha value is -1.60. The zero-order valence-electron chi connectivity index (χ0n) is 12.4. The molecule has 1 aliphatic heterocycles. The number of fused-ring (bicyclic) bond motifs is 1. The number of anilines is 1. The third-order valence-corrected chi connectivity index (χ3v) is 4.34. The largest absolute Gasteiger partial charge is 0.354 e. The van der Waals surface area contributed by atoms with Crippen LogP contribution >= 0.6 is 11.3 Å². The predicted octanol–water partition coefficient (Wildman–Crippen LogP) is 1.22. The van der Waals surface area contributed by atoms with Gasteiger partial charge in [0.05, 0.1) is 12.2 Å². The van der Waals surface area contributed by atoms with Crippen LogP contribution in [-0.2, 0) is 11.3 Å². The highest BCUT2D eigenvalue weighted by molar-refractivity contribution is 7.15. The molecule has 21 heavy (non-hydrogen) atoms. The number of thiazole rings is 1. The van der Waals surface area contributed by atoms with E-state index >= 15 is 0 Å². The molecule has 3 rings (SSSR count). The second kappa shape index (κ2) is 6.03. The number of imidazole rings is 1. The van der Waals surface area contributed by atoms with E-state index in [4.69, 9.17) is 4.98 Å². The van der Waals surface area contributed by atoms with Crippen molar-refractivity contribution in [3.63, 3.8) is 0 Å². The zero-order valence-corrected chi connectivity index (χ0v) is 13.2. The lowest BCUT2D eigenvalue weighted by molar-refractivity contribution is -0.119. The van der Waals surface area contributed by atoms with Crippen LogP contribution in [0.25, 0.3) is 4.96 Å². The highest BCUT2D eigenvalue weighted by Gasteiger charge is 2.22. The van der Waals surface area contributed by atoms with Gasteiger partial charge in [0, 0.05) is 37.3 Å². The van der Waals surface area contributed by atoms with Crippen molar-refractivity contribution in [3.05, 3.63) is 17.3 Å². The molecule has 2 N–H and O–H groups in total. The standard InChI is InChI=1S/C14H21N5OS/c1-10(2)16-8-11-13(17-14-19(11)6-7-21-14)18-5-3-4-15-12(20)9-18/h6-7,10,16H,3-5,8-9H2,1-2H3,(H,15,20). The van der Waals surface area contributed by atoms with E-state index in [1.54, 1.807) is 11.3 Å². The molecule has 1 amide bonds. The van der Waals surface area contributed by atoms with E-state index in [1.807, 2.05) is 11.6 Å². The van der Waals surface area contributed by atoms with E-state index in [-0.39, 0.29) is 5.91 Å². The molecular weight excluding hydrogens is 286 g/mol. The molecule has 1 aliphatic rings. The fourth-order valence-corrected chi connectivity index (χ4v) is 3.25. The van der Waals surface area contributed by atoms with Gasteiger partial charge in [0.2, 0.25) is 5.91 Å². The van der Waals surface area contributed by atoms with Crippen LogP contribution < -0.4 is 15.5 Å². The van der Waals surface area contributed by atoms with Gasteiger partial charge in [0.1, 0.15) is 0 Å². The highest BCUT2D eigenvalue weighted by Crippen LogP contribution is 2.25. The summed E-state index contributed by atoms with van der Waals surface area (Å²) in [6.45, 7) is 7.01. The van der Waals surface area contributed by atoms with Gasteiger partial charge >= 0.3 is 0 Å². The molecule has 1 saturated heterocycles. The molecular formula is C14H21N5OS. The summed E-state index contributed by atoms with van der Waals surface area (Å²) in [7, 11) is 0. The third-order valence-electron chi connectivity index (χ3n) is 3.58. The summed E-state index contributed by atoms with van der Waals surface area (Å²) >= 11 is 1.62. The van der Waals surface area contributed by atoms with E-state index in [0.29, 0.717) is 12.6 Å². The fraction of sp³-hybridized carbons (Fsp3) is 0.571. The normalized spacial score (nSPS) is 16.5. The molecule has 0 bridgehead atoms. The van der Waals surface area contributed by atoms with E-state index in [0.717, 1.165) is 42.5 Å². The summed E-state index contributed by atoms with van der Waals surface area (Å²) in [5.41, 5.74) is 1.13. The average Bonchev–Trinajstić information content (AvgIpc) is 2.94. The van der Waals surface area contributed by atoms with Crippen LogP contribution in [0.4, 0.5) is 5.82 Å². The minimum Gasteiger partial charge on any atom is -0.354 e. The van der Waals surface area contributed by atoms with E-state index in [2.05, 4.69) is 33.8 Å². The predicted molar refractivity (Wildman–Crippen MR) is 84.9 cm³/mol. The molecule has 2 aromatic heterocycles. The SMILES string of the molecule is CC(C)NCc1c(N2CCCNC(=O)C2)nc2sccn12. The van der Waals surface area contributed by atoms with Crippen molar-refractivity contribution >= 4 is 28.0 Å². The Labute approximate surface area is 128 Å². The van der Waals surface area contributed by atoms with Crippen LogP contribution in [0.2, 0.25) is 0 Å². The number of rotatable bonds is 4. The molecule has 0 radical (unpaired) electrons. The smallest absolute Gasteiger partial charge is 0.239 e. The van der Waals surface area contributed by atoms with Crippen molar-refractivity contribution in [1.82, 2.24) is 20.0 Å². The van der Waals surface area contributed by atoms with Crippen molar-refractivity contribution in [3.8, 4) is 0 Å². The molecule has 0 aromatic carbocycles. The van der Waals surface area contributed by atoms with Gasteiger partial charge in [-0.1, -0.05) is 13.8 Å². The number of carbonyl (C=O) groups excluding carboxylic acids is 1. The average molecular weight is 307 g/mol. The molecule has 0 unspecified atom stereocenters. The van der Waals surface area contributed by atoms with Gasteiger partial charge in [0.15, 0.2) is 10.8 Å². The maximum atomic E-state index is 11.8. The maximum Gasteiger partial charge on any atom is 0.239 e. The molecule has 0 saturated carbocycles. The maximum absolute atomic E-state index is 11.8. The summed E-state index contributed by atoms with van der Waals surface area (Å²) in [4.78, 5) is 19.6. The first kappa shape index (κ1) is 14.3. The minimum absolute atomic E-state index is 0.0756. The van der Waals surface area contributed by atoms with E-state index in [1.165, 1.54) is 0 Å². The summed E-state index contributed by atoms with van der Waals surface area (Å²) < 4.78 is 2.12. The first-order chi connectivity index (χ1) is 10.1. The number of nitrogens with one attached hydrogen (secondary N) is 2. The Morgan fingerprint density at radius 3 is 3.19 bits per heavy atom. The van der Waals surface area contributed by atoms with Crippen LogP contribution in [0.1, 0.15) is 26.0 Å². The van der Waals surface area contributed by atoms with Gasteiger partial charge < -0.3 is 15.5 Å². The minimum atomic E-state index is 0.0756. The monoisotopic (exact) mass is 307 g/mol. The van der Waals surface area contributed by atoms with Crippen molar-refractivity contribution in [1.29, 1.82) is 0 Å². The second-order valence-electron chi connectivity index (χ2n) is 5.60. The number of hydrogen-bond donors (Lipinski definition) is 2. The molecule has 7 heteroatoms. The van der Waals surface area contributed by atoms with Gasteiger partial charge in [-0.2, -0.15) is 0 Å². The number of amides is 1. The summed E-state index contributed by atoms with van der Waals surface area (Å²) in [5, 5.41) is 8.41. The Morgan fingerprint density at radius 2 is 2.38 bits per heavy atom. The van der Waals surface area contributed by atoms with Crippen molar-refractivity contribution in [2.45, 2.75) is 32.9 Å². The topological polar surface area (TPSA) is 61.7 Å². The highest BCUT2D eigenvalue weighted by atomic mass is 32.1. The lowest BCUT2D eigenvalue weighted by Gasteiger charge is -2.20. The first-order valence-corrected chi connectivity index (χ1v) is 8.22. The Balaban J connectivity index is 1.93. The van der Waals surface area contributed by atoms with E-state index < -0.39 is 0 Å². The first-order valence-electron chi connectivity index (χ1n) is 7.34. The van der Waals surface area contributed by atoms with Crippen LogP contribution in [0.5, 0.6) is 0 Å². The molecule has 0 spiro atoms.